The smallest absolute Gasteiger partial charge is 0.338 e. The molecule has 14 aromatic carbocycles. The highest BCUT2D eigenvalue weighted by atomic mass is 16.5. The molecule has 12 heteroatoms. The normalized spacial score (nSPS) is 12.1. The predicted octanol–water partition coefficient (Wildman–Crippen LogP) is 20.9. The molecule has 16 aromatic rings. The summed E-state index contributed by atoms with van der Waals surface area (Å²) in [6, 6.07) is 116. The summed E-state index contributed by atoms with van der Waals surface area (Å²) < 4.78 is 14.6. The number of hydrogen-bond acceptors (Lipinski definition) is 10. The molecule has 0 radical (unpaired) electrons. The quantitative estimate of drug-likeness (QED) is 0.0723. The van der Waals surface area contributed by atoms with E-state index in [0.29, 0.717) is 39.7 Å². The third kappa shape index (κ3) is 12.3. The number of aromatic nitrogens is 4. The lowest BCUT2D eigenvalue weighted by molar-refractivity contribution is 0.0464. The Morgan fingerprint density at radius 1 is 0.380 bits per heavy atom. The highest BCUT2D eigenvalue weighted by Gasteiger charge is 2.45. The van der Waals surface area contributed by atoms with Crippen molar-refractivity contribution in [1.82, 2.24) is 19.5 Å². The average Bonchev–Trinajstić information content (AvgIpc) is 0.769. The molecule has 0 bridgehead atoms. The molecule has 0 amide bonds. The summed E-state index contributed by atoms with van der Waals surface area (Å²) >= 11 is 0. The lowest BCUT2D eigenvalue weighted by Crippen LogP contribution is -2.61. The number of hydrogen-bond donors (Lipinski definition) is 0. The second kappa shape index (κ2) is 27.6. The van der Waals surface area contributed by atoms with Crippen molar-refractivity contribution in [3.8, 4) is 79.3 Å². The molecule has 0 fully saturated rings. The minimum absolute atomic E-state index is 0.0956. The van der Waals surface area contributed by atoms with Gasteiger partial charge in [-0.1, -0.05) is 257 Å². The van der Waals surface area contributed by atoms with E-state index in [9.17, 15) is 14.9 Å². The number of carbonyl (C=O) groups excluding carboxylic acids is 2. The first-order chi connectivity index (χ1) is 52.9. The Morgan fingerprint density at radius 2 is 0.815 bits per heavy atom. The Labute approximate surface area is 626 Å². The van der Waals surface area contributed by atoms with E-state index in [2.05, 4.69) is 187 Å². The summed E-state index contributed by atoms with van der Waals surface area (Å²) in [5.74, 6) is 0.525. The minimum Gasteiger partial charge on any atom is -0.457 e. The SMILES string of the molecule is CC(C)(C)c1ccc2c3cc(-c4cc5c6c(c4)N(c4ccc(-c7ccccc7)cc4)c4ccc(C(=O)OCc7ccccc7)cc4B6c4cc(C(=O)OCc6ccccc6)ccc4N5c4ccc(-c5ccccc5)cc4)ccc3n(-c3ccc(C#N)cc3-c3nc(-c4ccccc4)nc(-c4ccccc4)n3)c2c1. The van der Waals surface area contributed by atoms with Crippen LogP contribution >= 0.6 is 0 Å². The maximum Gasteiger partial charge on any atom is 0.338 e. The Morgan fingerprint density at radius 3 is 1.29 bits per heavy atom. The maximum absolute atomic E-state index is 14.7. The molecule has 108 heavy (non-hydrogen) atoms. The van der Waals surface area contributed by atoms with Crippen LogP contribution < -0.4 is 26.2 Å². The van der Waals surface area contributed by atoms with Gasteiger partial charge in [0, 0.05) is 61.6 Å². The largest absolute Gasteiger partial charge is 0.457 e. The van der Waals surface area contributed by atoms with Gasteiger partial charge in [0.25, 0.3) is 6.71 Å². The van der Waals surface area contributed by atoms with Crippen molar-refractivity contribution in [2.75, 3.05) is 9.80 Å². The van der Waals surface area contributed by atoms with Gasteiger partial charge < -0.3 is 23.8 Å². The van der Waals surface area contributed by atoms with Gasteiger partial charge in [-0.3, -0.25) is 0 Å². The summed E-state index contributed by atoms with van der Waals surface area (Å²) in [7, 11) is 0. The van der Waals surface area contributed by atoms with Crippen LogP contribution in [0.4, 0.5) is 34.1 Å². The van der Waals surface area contributed by atoms with Gasteiger partial charge in [-0.05, 0) is 169 Å². The number of anilines is 6. The third-order valence-corrected chi connectivity index (χ3v) is 20.7. The lowest BCUT2D eigenvalue weighted by Gasteiger charge is -2.44. The molecule has 11 nitrogen and oxygen atoms in total. The molecule has 0 saturated carbocycles. The van der Waals surface area contributed by atoms with E-state index < -0.39 is 18.7 Å². The number of nitrogens with zero attached hydrogens (tertiary/aromatic N) is 7. The van der Waals surface area contributed by atoms with E-state index in [4.69, 9.17) is 24.4 Å². The van der Waals surface area contributed by atoms with Crippen molar-refractivity contribution in [1.29, 1.82) is 5.26 Å². The third-order valence-electron chi connectivity index (χ3n) is 20.7. The van der Waals surface area contributed by atoms with Gasteiger partial charge in [0.2, 0.25) is 0 Å². The van der Waals surface area contributed by atoms with Crippen molar-refractivity contribution in [3.63, 3.8) is 0 Å². The van der Waals surface area contributed by atoms with Crippen LogP contribution in [0.25, 0.3) is 95.0 Å². The fourth-order valence-electron chi connectivity index (χ4n) is 15.3. The first-order valence-corrected chi connectivity index (χ1v) is 36.2. The van der Waals surface area contributed by atoms with E-state index in [1.54, 1.807) is 0 Å². The number of rotatable bonds is 15. The van der Waals surface area contributed by atoms with Crippen molar-refractivity contribution >= 4 is 91.0 Å². The van der Waals surface area contributed by atoms with Crippen molar-refractivity contribution < 1.29 is 19.1 Å². The topological polar surface area (TPSA) is 126 Å². The first kappa shape index (κ1) is 66.0. The maximum atomic E-state index is 14.7. The molecule has 4 heterocycles. The average molecular weight is 1390 g/mol. The van der Waals surface area contributed by atoms with Crippen LogP contribution in [0.5, 0.6) is 0 Å². The van der Waals surface area contributed by atoms with Crippen LogP contribution in [0.1, 0.15) is 63.7 Å². The van der Waals surface area contributed by atoms with Gasteiger partial charge in [-0.25, -0.2) is 24.5 Å². The highest BCUT2D eigenvalue weighted by molar-refractivity contribution is 7.00. The van der Waals surface area contributed by atoms with E-state index in [0.717, 1.165) is 139 Å². The molecule has 0 spiro atoms. The number of carbonyl (C=O) groups is 2. The number of esters is 2. The molecule has 514 valence electrons. The van der Waals surface area contributed by atoms with Gasteiger partial charge >= 0.3 is 11.9 Å². The fraction of sp³-hybridized carbons (Fsp3) is 0.0625. The number of nitriles is 1. The standard InChI is InChI=1S/C96H68BN7O4/c1-96(2,3)75-42-47-78-79-53-71(39-49-83(79)104(87(78)58-75)84-48-34-64(59-98)52-80(84)93-100-91(69-30-18-8-19-31-69)99-92(101-93)70-32-20-9-21-33-70)74-56-88-90-89(57-74)103(77-45-37-68(38-46-77)66-28-16-7-17-29-66)86-51-41-73(95(106)108-61-63-24-12-5-13-25-63)55-82(86)97(90)81-54-72(94(105)107-60-62-22-10-4-11-23-62)40-50-85(81)102(88)76-43-35-67(36-44-76)65-26-14-6-15-27-65/h4-58H,60-61H2,1-3H3. The molecule has 18 rings (SSSR count). The van der Waals surface area contributed by atoms with Crippen LogP contribution in [0.2, 0.25) is 0 Å². The molecular formula is C96H68BN7O4. The van der Waals surface area contributed by atoms with Crippen LogP contribution in [0.15, 0.2) is 334 Å². The zero-order valence-corrected chi connectivity index (χ0v) is 59.5. The molecule has 0 saturated heterocycles. The number of fused-ring (bicyclic) bond motifs is 7. The zero-order chi connectivity index (χ0) is 73.0. The minimum atomic E-state index is -0.548. The molecule has 0 atom stereocenters. The summed E-state index contributed by atoms with van der Waals surface area (Å²) in [6.07, 6.45) is 0. The molecule has 0 unspecified atom stereocenters. The van der Waals surface area contributed by atoms with Gasteiger partial charge in [0.05, 0.1) is 39.5 Å². The van der Waals surface area contributed by atoms with E-state index in [1.165, 1.54) is 0 Å². The summed E-state index contributed by atoms with van der Waals surface area (Å²) in [5, 5.41) is 12.7. The second-order valence-electron chi connectivity index (χ2n) is 28.5. The van der Waals surface area contributed by atoms with Crippen molar-refractivity contribution in [2.24, 2.45) is 0 Å². The van der Waals surface area contributed by atoms with Crippen LogP contribution in [-0.2, 0) is 28.1 Å². The van der Waals surface area contributed by atoms with Gasteiger partial charge in [-0.15, -0.1) is 0 Å². The van der Waals surface area contributed by atoms with E-state index >= 15 is 0 Å². The highest BCUT2D eigenvalue weighted by Crippen LogP contribution is 2.49. The molecule has 0 aliphatic carbocycles. The monoisotopic (exact) mass is 1390 g/mol. The van der Waals surface area contributed by atoms with Crippen molar-refractivity contribution in [3.05, 3.63) is 367 Å². The van der Waals surface area contributed by atoms with Crippen LogP contribution in [0, 0.1) is 11.3 Å². The fourth-order valence-corrected chi connectivity index (χ4v) is 15.3. The molecule has 2 aromatic heterocycles. The van der Waals surface area contributed by atoms with Crippen LogP contribution in [0.3, 0.4) is 0 Å². The second-order valence-corrected chi connectivity index (χ2v) is 28.5. The van der Waals surface area contributed by atoms with Gasteiger partial charge in [-0.2, -0.15) is 5.26 Å². The number of benzene rings is 14. The Bertz CT molecular complexity index is 5930. The number of ether oxygens (including phenoxy) is 2. The van der Waals surface area contributed by atoms with E-state index in [1.807, 2.05) is 188 Å². The summed E-state index contributed by atoms with van der Waals surface area (Å²) in [5.41, 5.74) is 23.1. The molecular weight excluding hydrogens is 1330 g/mol. The first-order valence-electron chi connectivity index (χ1n) is 36.2. The Balaban J connectivity index is 0.877. The predicted molar refractivity (Wildman–Crippen MR) is 435 cm³/mol. The molecule has 2 aliphatic heterocycles. The van der Waals surface area contributed by atoms with E-state index in [-0.39, 0.29) is 18.6 Å². The van der Waals surface area contributed by atoms with Crippen molar-refractivity contribution in [2.45, 2.75) is 39.4 Å². The van der Waals surface area contributed by atoms with Gasteiger partial charge in [0.15, 0.2) is 17.5 Å². The lowest BCUT2D eigenvalue weighted by atomic mass is 9.33. The summed E-state index contributed by atoms with van der Waals surface area (Å²) in [6.45, 7) is 6.35. The molecule has 2 aliphatic rings. The Kier molecular flexibility index (Phi) is 16.8. The van der Waals surface area contributed by atoms with Gasteiger partial charge in [0.1, 0.15) is 13.2 Å². The molecule has 0 N–H and O–H groups in total. The van der Waals surface area contributed by atoms with Crippen LogP contribution in [-0.4, -0.2) is 38.2 Å². The summed E-state index contributed by atoms with van der Waals surface area (Å²) in [4.78, 5) is 49.7. The zero-order valence-electron chi connectivity index (χ0n) is 59.5. The Hall–Kier alpha value is -14.0.